The number of nitro groups is 1. The summed E-state index contributed by atoms with van der Waals surface area (Å²) in [6, 6.07) is 5.78. The summed E-state index contributed by atoms with van der Waals surface area (Å²) in [5.74, 6) is -0.00194. The molecule has 130 valence electrons. The second-order valence-corrected chi connectivity index (χ2v) is 5.81. The van der Waals surface area contributed by atoms with E-state index in [0.29, 0.717) is 12.0 Å². The van der Waals surface area contributed by atoms with E-state index in [0.717, 1.165) is 12.8 Å². The molecule has 1 aromatic heterocycles. The number of allylic oxidation sites excluding steroid dienone is 2. The number of carbonyl (C=O) groups excluding carboxylic acids is 1. The van der Waals surface area contributed by atoms with Crippen molar-refractivity contribution < 1.29 is 18.9 Å². The second-order valence-electron chi connectivity index (χ2n) is 5.81. The number of hydrogen-bond donors (Lipinski definition) is 0. The average molecular weight is 343 g/mol. The smallest absolute Gasteiger partial charge is 0.310 e. The van der Waals surface area contributed by atoms with E-state index in [2.05, 4.69) is 16.3 Å². The molecule has 25 heavy (non-hydrogen) atoms. The van der Waals surface area contributed by atoms with Crippen molar-refractivity contribution in [2.75, 3.05) is 0 Å². The lowest BCUT2D eigenvalue weighted by Gasteiger charge is -2.18. The standard InChI is InChI=1S/C17H17N3O5/c1-11(24-17(21)13-5-3-2-4-6-13)15-18-19-16(25-15)12-7-9-14(10-8-12)20(22)23/h2-3,7-11,13H,4-6H2,1H3/t11-,13-/m0/s1. The van der Waals surface area contributed by atoms with E-state index in [1.165, 1.54) is 24.3 Å². The number of benzene rings is 1. The van der Waals surface area contributed by atoms with Crippen LogP contribution >= 0.6 is 0 Å². The Morgan fingerprint density at radius 2 is 2.08 bits per heavy atom. The monoisotopic (exact) mass is 343 g/mol. The zero-order valence-electron chi connectivity index (χ0n) is 13.6. The van der Waals surface area contributed by atoms with E-state index in [1.54, 1.807) is 6.92 Å². The molecule has 0 saturated heterocycles. The Morgan fingerprint density at radius 3 is 2.72 bits per heavy atom. The van der Waals surface area contributed by atoms with Gasteiger partial charge in [0.1, 0.15) is 0 Å². The zero-order valence-corrected chi connectivity index (χ0v) is 13.6. The molecule has 0 spiro atoms. The quantitative estimate of drug-likeness (QED) is 0.353. The van der Waals surface area contributed by atoms with Crippen molar-refractivity contribution in [2.45, 2.75) is 32.3 Å². The van der Waals surface area contributed by atoms with Crippen LogP contribution in [0.2, 0.25) is 0 Å². The Balaban J connectivity index is 1.66. The predicted molar refractivity (Wildman–Crippen MR) is 87.4 cm³/mol. The van der Waals surface area contributed by atoms with Gasteiger partial charge in [0.2, 0.25) is 5.89 Å². The summed E-state index contributed by atoms with van der Waals surface area (Å²) in [5.41, 5.74) is 0.535. The molecule has 1 heterocycles. The largest absolute Gasteiger partial charge is 0.452 e. The van der Waals surface area contributed by atoms with Crippen LogP contribution in [0.4, 0.5) is 5.69 Å². The number of rotatable bonds is 5. The van der Waals surface area contributed by atoms with Crippen LogP contribution < -0.4 is 0 Å². The maximum absolute atomic E-state index is 12.2. The molecule has 2 atom stereocenters. The first-order valence-electron chi connectivity index (χ1n) is 7.98. The van der Waals surface area contributed by atoms with Crippen molar-refractivity contribution in [2.24, 2.45) is 5.92 Å². The van der Waals surface area contributed by atoms with E-state index in [4.69, 9.17) is 9.15 Å². The fourth-order valence-electron chi connectivity index (χ4n) is 2.57. The van der Waals surface area contributed by atoms with E-state index in [-0.39, 0.29) is 29.4 Å². The molecule has 2 aromatic rings. The normalized spacial score (nSPS) is 17.9. The second kappa shape index (κ2) is 7.25. The van der Waals surface area contributed by atoms with Gasteiger partial charge in [0.15, 0.2) is 6.10 Å². The van der Waals surface area contributed by atoms with Gasteiger partial charge in [-0.1, -0.05) is 12.2 Å². The number of aromatic nitrogens is 2. The third-order valence-corrected chi connectivity index (χ3v) is 4.01. The molecule has 1 aliphatic rings. The molecule has 1 aliphatic carbocycles. The molecule has 3 rings (SSSR count). The van der Waals surface area contributed by atoms with Gasteiger partial charge in [0.05, 0.1) is 10.8 Å². The molecule has 0 saturated carbocycles. The minimum absolute atomic E-state index is 0.0210. The van der Waals surface area contributed by atoms with Gasteiger partial charge in [0.25, 0.3) is 11.6 Å². The molecule has 0 bridgehead atoms. The first kappa shape index (κ1) is 16.8. The topological polar surface area (TPSA) is 108 Å². The third kappa shape index (κ3) is 3.90. The van der Waals surface area contributed by atoms with Gasteiger partial charge in [-0.05, 0) is 38.3 Å². The Bertz CT molecular complexity index is 797. The molecule has 8 heteroatoms. The molecule has 0 aliphatic heterocycles. The lowest BCUT2D eigenvalue weighted by molar-refractivity contribution is -0.384. The highest BCUT2D eigenvalue weighted by Gasteiger charge is 2.25. The number of hydrogen-bond acceptors (Lipinski definition) is 7. The van der Waals surface area contributed by atoms with Crippen molar-refractivity contribution in [3.63, 3.8) is 0 Å². The number of esters is 1. The predicted octanol–water partition coefficient (Wildman–Crippen LogP) is 3.61. The van der Waals surface area contributed by atoms with Gasteiger partial charge in [-0.3, -0.25) is 14.9 Å². The fourth-order valence-corrected chi connectivity index (χ4v) is 2.57. The van der Waals surface area contributed by atoms with Crippen molar-refractivity contribution in [1.29, 1.82) is 0 Å². The molecule has 8 nitrogen and oxygen atoms in total. The number of nitro benzene ring substituents is 1. The molecular weight excluding hydrogens is 326 g/mol. The third-order valence-electron chi connectivity index (χ3n) is 4.01. The summed E-state index contributed by atoms with van der Waals surface area (Å²) in [5, 5.41) is 18.5. The van der Waals surface area contributed by atoms with Crippen LogP contribution in [0.1, 0.15) is 38.2 Å². The van der Waals surface area contributed by atoms with Crippen LogP contribution in [-0.4, -0.2) is 21.1 Å². The van der Waals surface area contributed by atoms with Gasteiger partial charge < -0.3 is 9.15 Å². The SMILES string of the molecule is C[C@H](OC(=O)[C@H]1CC=CCC1)c1nnc(-c2ccc([N+](=O)[O-])cc2)o1. The van der Waals surface area contributed by atoms with Gasteiger partial charge in [0, 0.05) is 17.7 Å². The van der Waals surface area contributed by atoms with E-state index < -0.39 is 11.0 Å². The van der Waals surface area contributed by atoms with Crippen LogP contribution in [0.5, 0.6) is 0 Å². The number of ether oxygens (including phenoxy) is 1. The molecular formula is C17H17N3O5. The summed E-state index contributed by atoms with van der Waals surface area (Å²) in [6.45, 7) is 1.67. The molecule has 0 fully saturated rings. The highest BCUT2D eigenvalue weighted by molar-refractivity contribution is 5.73. The van der Waals surface area contributed by atoms with Crippen LogP contribution in [-0.2, 0) is 9.53 Å². The van der Waals surface area contributed by atoms with Crippen LogP contribution in [0.15, 0.2) is 40.8 Å². The summed E-state index contributed by atoms with van der Waals surface area (Å²) in [7, 11) is 0. The van der Waals surface area contributed by atoms with Crippen molar-refractivity contribution in [1.82, 2.24) is 10.2 Å². The number of nitrogens with zero attached hydrogens (tertiary/aromatic N) is 3. The fraction of sp³-hybridized carbons (Fsp3) is 0.353. The van der Waals surface area contributed by atoms with Crippen LogP contribution in [0.25, 0.3) is 11.5 Å². The molecule has 0 radical (unpaired) electrons. The highest BCUT2D eigenvalue weighted by atomic mass is 16.6. The number of non-ortho nitro benzene ring substituents is 1. The maximum Gasteiger partial charge on any atom is 0.310 e. The van der Waals surface area contributed by atoms with Crippen molar-refractivity contribution >= 4 is 11.7 Å². The van der Waals surface area contributed by atoms with Gasteiger partial charge in [-0.2, -0.15) is 0 Å². The first-order valence-corrected chi connectivity index (χ1v) is 7.98. The lowest BCUT2D eigenvalue weighted by atomic mass is 9.95. The average Bonchev–Trinajstić information content (AvgIpc) is 3.13. The van der Waals surface area contributed by atoms with Crippen LogP contribution in [0.3, 0.4) is 0 Å². The molecule has 0 amide bonds. The maximum atomic E-state index is 12.2. The molecule has 1 aromatic carbocycles. The van der Waals surface area contributed by atoms with E-state index in [1.807, 2.05) is 6.08 Å². The Morgan fingerprint density at radius 1 is 1.32 bits per heavy atom. The molecule has 0 N–H and O–H groups in total. The highest BCUT2D eigenvalue weighted by Crippen LogP contribution is 2.26. The van der Waals surface area contributed by atoms with E-state index in [9.17, 15) is 14.9 Å². The minimum Gasteiger partial charge on any atom is -0.452 e. The Labute approximate surface area is 143 Å². The summed E-state index contributed by atoms with van der Waals surface area (Å²) >= 11 is 0. The van der Waals surface area contributed by atoms with Crippen LogP contribution in [0, 0.1) is 16.0 Å². The summed E-state index contributed by atoms with van der Waals surface area (Å²) < 4.78 is 11.0. The minimum atomic E-state index is -0.655. The Hall–Kier alpha value is -3.03. The van der Waals surface area contributed by atoms with Gasteiger partial charge in [-0.15, -0.1) is 10.2 Å². The van der Waals surface area contributed by atoms with E-state index >= 15 is 0 Å². The Kier molecular flexibility index (Phi) is 4.87. The first-order chi connectivity index (χ1) is 12.0. The van der Waals surface area contributed by atoms with Crippen molar-refractivity contribution in [3.8, 4) is 11.5 Å². The zero-order chi connectivity index (χ0) is 17.8. The van der Waals surface area contributed by atoms with Gasteiger partial charge in [-0.25, -0.2) is 0 Å². The lowest BCUT2D eigenvalue weighted by Crippen LogP contribution is -2.20. The van der Waals surface area contributed by atoms with Gasteiger partial charge >= 0.3 is 5.97 Å². The summed E-state index contributed by atoms with van der Waals surface area (Å²) in [6.07, 6.45) is 5.72. The van der Waals surface area contributed by atoms with Crippen molar-refractivity contribution in [3.05, 3.63) is 52.4 Å². The number of carbonyl (C=O) groups is 1. The summed E-state index contributed by atoms with van der Waals surface area (Å²) in [4.78, 5) is 22.3. The molecule has 0 unspecified atom stereocenters.